The largest absolute Gasteiger partial charge is 0.376 e. The van der Waals surface area contributed by atoms with Gasteiger partial charge in [-0.25, -0.2) is 8.78 Å². The Bertz CT molecular complexity index is 845. The monoisotopic (exact) mass is 527 g/mol. The quantitative estimate of drug-likeness (QED) is 0.340. The Morgan fingerprint density at radius 3 is 2.57 bits per heavy atom. The Hall–Kier alpha value is -1.74. The van der Waals surface area contributed by atoms with Crippen LogP contribution in [0.3, 0.4) is 0 Å². The molecule has 0 amide bonds. The summed E-state index contributed by atoms with van der Waals surface area (Å²) in [5, 5.41) is 3.39. The van der Waals surface area contributed by atoms with Crippen LogP contribution in [0.5, 0.6) is 0 Å². The highest BCUT2D eigenvalue weighted by molar-refractivity contribution is 14.0. The van der Waals surface area contributed by atoms with E-state index in [1.807, 2.05) is 18.2 Å². The third kappa shape index (κ3) is 5.49. The van der Waals surface area contributed by atoms with Crippen LogP contribution in [0.2, 0.25) is 0 Å². The van der Waals surface area contributed by atoms with E-state index in [1.54, 1.807) is 7.05 Å². The predicted molar refractivity (Wildman–Crippen MR) is 125 cm³/mol. The molecule has 162 valence electrons. The smallest absolute Gasteiger partial charge is 0.193 e. The van der Waals surface area contributed by atoms with Gasteiger partial charge >= 0.3 is 0 Å². The number of likely N-dealkylation sites (tertiary alicyclic amines) is 1. The number of halogens is 3. The van der Waals surface area contributed by atoms with Crippen molar-refractivity contribution in [2.45, 2.75) is 31.4 Å². The summed E-state index contributed by atoms with van der Waals surface area (Å²) in [5.74, 6) is 0.189. The maximum Gasteiger partial charge on any atom is 0.193 e. The molecule has 7 heteroatoms. The zero-order valence-electron chi connectivity index (χ0n) is 17.1. The minimum atomic E-state index is -0.467. The first-order valence-electron chi connectivity index (χ1n) is 10.2. The van der Waals surface area contributed by atoms with E-state index in [-0.39, 0.29) is 41.5 Å². The molecule has 1 heterocycles. The summed E-state index contributed by atoms with van der Waals surface area (Å²) in [7, 11) is 1.75. The van der Waals surface area contributed by atoms with Gasteiger partial charge in [-0.2, -0.15) is 0 Å². The van der Waals surface area contributed by atoms with Crippen molar-refractivity contribution in [3.8, 4) is 0 Å². The van der Waals surface area contributed by atoms with Crippen LogP contribution in [-0.2, 0) is 11.3 Å². The van der Waals surface area contributed by atoms with Crippen molar-refractivity contribution >= 4 is 29.9 Å². The van der Waals surface area contributed by atoms with Gasteiger partial charge in [-0.15, -0.1) is 24.0 Å². The zero-order chi connectivity index (χ0) is 20.2. The summed E-state index contributed by atoms with van der Waals surface area (Å²) in [4.78, 5) is 6.60. The molecule has 4 nitrogen and oxygen atoms in total. The molecule has 1 aliphatic heterocycles. The second kappa shape index (κ2) is 10.5. The van der Waals surface area contributed by atoms with Gasteiger partial charge in [0.15, 0.2) is 5.96 Å². The van der Waals surface area contributed by atoms with E-state index < -0.39 is 11.6 Å². The van der Waals surface area contributed by atoms with E-state index in [4.69, 9.17) is 4.74 Å². The Morgan fingerprint density at radius 2 is 1.87 bits per heavy atom. The molecule has 30 heavy (non-hydrogen) atoms. The Kier molecular flexibility index (Phi) is 8.05. The number of aliphatic imine (C=N–C) groups is 1. The minimum absolute atomic E-state index is 0. The lowest BCUT2D eigenvalue weighted by Gasteiger charge is -2.22. The summed E-state index contributed by atoms with van der Waals surface area (Å²) in [6, 6.07) is 14.2. The highest BCUT2D eigenvalue weighted by Crippen LogP contribution is 2.43. The van der Waals surface area contributed by atoms with Crippen LogP contribution in [0.4, 0.5) is 8.78 Å². The van der Waals surface area contributed by atoms with Crippen molar-refractivity contribution in [3.05, 3.63) is 71.3 Å². The van der Waals surface area contributed by atoms with Gasteiger partial charge in [-0.05, 0) is 30.5 Å². The van der Waals surface area contributed by atoms with Crippen LogP contribution in [0.1, 0.15) is 29.9 Å². The van der Waals surface area contributed by atoms with Gasteiger partial charge in [0.1, 0.15) is 11.6 Å². The first kappa shape index (κ1) is 22.9. The molecule has 2 aromatic carbocycles. The molecule has 0 radical (unpaired) electrons. The summed E-state index contributed by atoms with van der Waals surface area (Å²) in [6.45, 7) is 3.13. The fourth-order valence-corrected chi connectivity index (χ4v) is 4.08. The lowest BCUT2D eigenvalue weighted by Crippen LogP contribution is -2.41. The molecule has 1 N–H and O–H groups in total. The minimum Gasteiger partial charge on any atom is -0.376 e. The molecule has 1 aliphatic carbocycles. The Morgan fingerprint density at radius 1 is 1.13 bits per heavy atom. The number of rotatable bonds is 6. The van der Waals surface area contributed by atoms with Crippen LogP contribution >= 0.6 is 24.0 Å². The highest BCUT2D eigenvalue weighted by Gasteiger charge is 2.43. The number of nitrogens with one attached hydrogen (secondary N) is 1. The van der Waals surface area contributed by atoms with Crippen LogP contribution in [0.25, 0.3) is 0 Å². The van der Waals surface area contributed by atoms with Crippen LogP contribution in [0, 0.1) is 17.6 Å². The average Bonchev–Trinajstić information content (AvgIpc) is 3.31. The number of hydrogen-bond acceptors (Lipinski definition) is 2. The number of nitrogens with zero attached hydrogens (tertiary/aromatic N) is 2. The fraction of sp³-hybridized carbons (Fsp3) is 0.435. The van der Waals surface area contributed by atoms with Gasteiger partial charge in [0, 0.05) is 43.6 Å². The first-order valence-corrected chi connectivity index (χ1v) is 10.2. The summed E-state index contributed by atoms with van der Waals surface area (Å²) >= 11 is 0. The molecule has 1 saturated carbocycles. The van der Waals surface area contributed by atoms with E-state index in [0.29, 0.717) is 18.9 Å². The molecule has 3 unspecified atom stereocenters. The van der Waals surface area contributed by atoms with Crippen LogP contribution < -0.4 is 5.32 Å². The van der Waals surface area contributed by atoms with Crippen molar-refractivity contribution in [2.24, 2.45) is 10.9 Å². The number of hydrogen-bond donors (Lipinski definition) is 1. The second-order valence-corrected chi connectivity index (χ2v) is 7.88. The van der Waals surface area contributed by atoms with Crippen molar-refractivity contribution in [3.63, 3.8) is 0 Å². The molecule has 2 aromatic rings. The lowest BCUT2D eigenvalue weighted by atomic mass is 10.1. The third-order valence-corrected chi connectivity index (χ3v) is 5.74. The highest BCUT2D eigenvalue weighted by atomic mass is 127. The number of benzene rings is 2. The normalized spacial score (nSPS) is 23.2. The molecular formula is C23H28F2IN3O. The lowest BCUT2D eigenvalue weighted by molar-refractivity contribution is 0.0906. The van der Waals surface area contributed by atoms with Crippen LogP contribution in [0.15, 0.2) is 53.5 Å². The van der Waals surface area contributed by atoms with Gasteiger partial charge in [0.2, 0.25) is 0 Å². The maximum absolute atomic E-state index is 14.0. The molecule has 2 fully saturated rings. The van der Waals surface area contributed by atoms with Gasteiger partial charge in [0.25, 0.3) is 0 Å². The topological polar surface area (TPSA) is 36.9 Å². The van der Waals surface area contributed by atoms with Crippen molar-refractivity contribution in [1.29, 1.82) is 0 Å². The van der Waals surface area contributed by atoms with Crippen molar-refractivity contribution in [2.75, 3.05) is 26.7 Å². The maximum atomic E-state index is 14.0. The van der Waals surface area contributed by atoms with E-state index >= 15 is 0 Å². The molecule has 0 aromatic heterocycles. The van der Waals surface area contributed by atoms with Gasteiger partial charge in [0.05, 0.1) is 13.2 Å². The first-order chi connectivity index (χ1) is 14.2. The third-order valence-electron chi connectivity index (χ3n) is 5.74. The standard InChI is InChI=1S/C23H27F2N3O.HI/c1-26-23(27-21-12-18(21)22-19(24)8-5-9-20(22)25)28-11-10-17(13-28)15-29-14-16-6-3-2-4-7-16;/h2-9,17-18,21H,10-15H2,1H3,(H,26,27);1H. The van der Waals surface area contributed by atoms with Crippen molar-refractivity contribution in [1.82, 2.24) is 10.2 Å². The predicted octanol–water partition coefficient (Wildman–Crippen LogP) is 4.55. The number of guanidine groups is 1. The number of ether oxygens (including phenoxy) is 1. The second-order valence-electron chi connectivity index (χ2n) is 7.88. The Labute approximate surface area is 193 Å². The Balaban J connectivity index is 0.00000256. The van der Waals surface area contributed by atoms with Crippen LogP contribution in [-0.4, -0.2) is 43.6 Å². The molecule has 4 rings (SSSR count). The summed E-state index contributed by atoms with van der Waals surface area (Å²) in [5.41, 5.74) is 1.37. The van der Waals surface area contributed by atoms with Crippen molar-refractivity contribution < 1.29 is 13.5 Å². The van der Waals surface area contributed by atoms with Gasteiger partial charge in [-0.3, -0.25) is 4.99 Å². The van der Waals surface area contributed by atoms with Gasteiger partial charge < -0.3 is 15.0 Å². The van der Waals surface area contributed by atoms with E-state index in [1.165, 1.54) is 23.8 Å². The van der Waals surface area contributed by atoms with Gasteiger partial charge in [-0.1, -0.05) is 36.4 Å². The van der Waals surface area contributed by atoms with E-state index in [9.17, 15) is 8.78 Å². The molecule has 2 aliphatic rings. The molecule has 1 saturated heterocycles. The molecule has 0 spiro atoms. The molecular weight excluding hydrogens is 499 g/mol. The zero-order valence-corrected chi connectivity index (χ0v) is 19.4. The summed E-state index contributed by atoms with van der Waals surface area (Å²) in [6.07, 6.45) is 1.76. The summed E-state index contributed by atoms with van der Waals surface area (Å²) < 4.78 is 33.9. The fourth-order valence-electron chi connectivity index (χ4n) is 4.08. The van der Waals surface area contributed by atoms with E-state index in [0.717, 1.165) is 32.1 Å². The average molecular weight is 527 g/mol. The molecule has 3 atom stereocenters. The van der Waals surface area contributed by atoms with E-state index in [2.05, 4.69) is 27.3 Å². The SMILES string of the molecule is CN=C(NC1CC1c1c(F)cccc1F)N1CCC(COCc2ccccc2)C1.I. The molecule has 0 bridgehead atoms.